The van der Waals surface area contributed by atoms with Gasteiger partial charge in [0.25, 0.3) is 5.56 Å². The van der Waals surface area contributed by atoms with Gasteiger partial charge in [-0.1, -0.05) is 19.1 Å². The quantitative estimate of drug-likeness (QED) is 0.661. The molecule has 0 spiro atoms. The number of benzene rings is 1. The normalized spacial score (nSPS) is 23.1. The second-order valence-corrected chi connectivity index (χ2v) is 9.54. The minimum absolute atomic E-state index is 0.0684. The van der Waals surface area contributed by atoms with Gasteiger partial charge in [-0.25, -0.2) is 4.68 Å². The summed E-state index contributed by atoms with van der Waals surface area (Å²) in [6, 6.07) is 5.94. The Bertz CT molecular complexity index is 1160. The highest BCUT2D eigenvalue weighted by Gasteiger charge is 2.33. The Kier molecular flexibility index (Phi) is 5.82. The van der Waals surface area contributed by atoms with Crippen molar-refractivity contribution in [3.8, 4) is 0 Å². The Morgan fingerprint density at radius 2 is 2.06 bits per heavy atom. The van der Waals surface area contributed by atoms with Gasteiger partial charge in [-0.05, 0) is 79.6 Å². The van der Waals surface area contributed by atoms with Crippen LogP contribution in [0.15, 0.2) is 23.0 Å². The summed E-state index contributed by atoms with van der Waals surface area (Å²) >= 11 is 0. The Morgan fingerprint density at radius 1 is 1.22 bits per heavy atom. The van der Waals surface area contributed by atoms with Gasteiger partial charge < -0.3 is 9.72 Å². The van der Waals surface area contributed by atoms with Gasteiger partial charge >= 0.3 is 0 Å². The number of H-pyrrole nitrogens is 1. The molecule has 3 unspecified atom stereocenters. The number of likely N-dealkylation sites (tertiary alicyclic amines) is 1. The van der Waals surface area contributed by atoms with E-state index in [1.165, 1.54) is 6.42 Å². The second kappa shape index (κ2) is 8.75. The van der Waals surface area contributed by atoms with Crippen LogP contribution >= 0.6 is 0 Å². The lowest BCUT2D eigenvalue weighted by molar-refractivity contribution is 0.0889. The molecule has 2 saturated heterocycles. The average molecular weight is 437 g/mol. The van der Waals surface area contributed by atoms with Crippen molar-refractivity contribution in [1.82, 2.24) is 30.1 Å². The summed E-state index contributed by atoms with van der Waals surface area (Å²) in [4.78, 5) is 19.0. The zero-order chi connectivity index (χ0) is 22.2. The van der Waals surface area contributed by atoms with Crippen molar-refractivity contribution < 1.29 is 4.74 Å². The highest BCUT2D eigenvalue weighted by atomic mass is 16.5. The fourth-order valence-corrected chi connectivity index (χ4v) is 5.27. The molecule has 32 heavy (non-hydrogen) atoms. The third-order valence-electron chi connectivity index (χ3n) is 7.03. The Hall–Kier alpha value is -2.58. The van der Waals surface area contributed by atoms with Crippen molar-refractivity contribution in [3.05, 3.63) is 51.1 Å². The molecule has 2 aliphatic rings. The number of aryl methyl sites for hydroxylation is 2. The number of nitrogens with one attached hydrogen (secondary N) is 1. The molecule has 3 aromatic rings. The SMILES string of the molecule is Cc1ccc(C)c2[nH]c(=O)c(C(c3nnnn3CC3CCCO3)N3CCCC(C)C3)cc12. The Balaban J connectivity index is 1.63. The van der Waals surface area contributed by atoms with E-state index in [4.69, 9.17) is 4.74 Å². The van der Waals surface area contributed by atoms with Crippen LogP contribution in [0.1, 0.15) is 61.2 Å². The van der Waals surface area contributed by atoms with E-state index in [9.17, 15) is 4.79 Å². The molecule has 3 atom stereocenters. The van der Waals surface area contributed by atoms with Gasteiger partial charge in [-0.2, -0.15) is 0 Å². The zero-order valence-electron chi connectivity index (χ0n) is 19.2. The number of pyridine rings is 1. The third kappa shape index (κ3) is 3.97. The first-order valence-electron chi connectivity index (χ1n) is 11.8. The Labute approximate surface area is 188 Å². The maximum Gasteiger partial charge on any atom is 0.253 e. The van der Waals surface area contributed by atoms with Crippen molar-refractivity contribution in [2.24, 2.45) is 5.92 Å². The minimum atomic E-state index is -0.290. The molecular formula is C24H32N6O2. The first kappa shape index (κ1) is 21.3. The summed E-state index contributed by atoms with van der Waals surface area (Å²) in [5.41, 5.74) is 3.77. The predicted octanol–water partition coefficient (Wildman–Crippen LogP) is 3.13. The number of aromatic nitrogens is 5. The van der Waals surface area contributed by atoms with Gasteiger partial charge in [-0.15, -0.1) is 5.10 Å². The third-order valence-corrected chi connectivity index (χ3v) is 7.03. The lowest BCUT2D eigenvalue weighted by Crippen LogP contribution is -2.41. The maximum atomic E-state index is 13.4. The molecule has 4 heterocycles. The smallest absolute Gasteiger partial charge is 0.253 e. The monoisotopic (exact) mass is 436 g/mol. The number of tetrazole rings is 1. The van der Waals surface area contributed by atoms with Crippen molar-refractivity contribution in [2.45, 2.75) is 65.1 Å². The van der Waals surface area contributed by atoms with Gasteiger partial charge in [0.1, 0.15) is 6.04 Å². The zero-order valence-corrected chi connectivity index (χ0v) is 19.2. The average Bonchev–Trinajstić information content (AvgIpc) is 3.45. The van der Waals surface area contributed by atoms with Crippen molar-refractivity contribution >= 4 is 10.9 Å². The largest absolute Gasteiger partial charge is 0.376 e. The van der Waals surface area contributed by atoms with E-state index < -0.39 is 0 Å². The molecule has 2 fully saturated rings. The van der Waals surface area contributed by atoms with E-state index in [1.54, 1.807) is 0 Å². The van der Waals surface area contributed by atoms with Crippen LogP contribution in [0.25, 0.3) is 10.9 Å². The number of aromatic amines is 1. The summed E-state index contributed by atoms with van der Waals surface area (Å²) in [6.07, 6.45) is 4.51. The maximum absolute atomic E-state index is 13.4. The fourth-order valence-electron chi connectivity index (χ4n) is 5.27. The molecule has 170 valence electrons. The van der Waals surface area contributed by atoms with Crippen molar-refractivity contribution in [2.75, 3.05) is 19.7 Å². The molecule has 0 bridgehead atoms. The Morgan fingerprint density at radius 3 is 2.84 bits per heavy atom. The van der Waals surface area contributed by atoms with Crippen LogP contribution in [-0.2, 0) is 11.3 Å². The predicted molar refractivity (Wildman–Crippen MR) is 123 cm³/mol. The van der Waals surface area contributed by atoms with Crippen LogP contribution < -0.4 is 5.56 Å². The number of hydrogen-bond donors (Lipinski definition) is 1. The van der Waals surface area contributed by atoms with E-state index in [0.717, 1.165) is 66.8 Å². The summed E-state index contributed by atoms with van der Waals surface area (Å²) < 4.78 is 7.70. The van der Waals surface area contributed by atoms with Crippen LogP contribution in [0.2, 0.25) is 0 Å². The number of fused-ring (bicyclic) bond motifs is 1. The first-order chi connectivity index (χ1) is 15.5. The fraction of sp³-hybridized carbons (Fsp3) is 0.583. The van der Waals surface area contributed by atoms with Gasteiger partial charge in [0, 0.05) is 24.1 Å². The van der Waals surface area contributed by atoms with Gasteiger partial charge in [0.2, 0.25) is 0 Å². The molecule has 2 aliphatic heterocycles. The standard InChI is InChI=1S/C24H32N6O2/c1-15-6-4-10-29(13-15)22(23-26-27-28-30(23)14-18-7-5-11-32-18)20-12-19-16(2)8-9-17(3)21(19)25-24(20)31/h8-9,12,15,18,22H,4-7,10-11,13-14H2,1-3H3,(H,25,31). The van der Waals surface area contributed by atoms with Crippen LogP contribution in [-0.4, -0.2) is 55.9 Å². The second-order valence-electron chi connectivity index (χ2n) is 9.54. The molecule has 1 N–H and O–H groups in total. The lowest BCUT2D eigenvalue weighted by Gasteiger charge is -2.36. The number of nitrogens with zero attached hydrogens (tertiary/aromatic N) is 5. The van der Waals surface area contributed by atoms with Crippen LogP contribution in [0.5, 0.6) is 0 Å². The molecular weight excluding hydrogens is 404 g/mol. The van der Waals surface area contributed by atoms with E-state index in [0.29, 0.717) is 18.0 Å². The van der Waals surface area contributed by atoms with Crippen LogP contribution in [0.3, 0.4) is 0 Å². The number of hydrogen-bond acceptors (Lipinski definition) is 6. The molecule has 0 amide bonds. The molecule has 0 saturated carbocycles. The van der Waals surface area contributed by atoms with Crippen molar-refractivity contribution in [3.63, 3.8) is 0 Å². The van der Waals surface area contributed by atoms with Crippen LogP contribution in [0, 0.1) is 19.8 Å². The molecule has 8 nitrogen and oxygen atoms in total. The summed E-state index contributed by atoms with van der Waals surface area (Å²) in [6.45, 7) is 9.64. The highest BCUT2D eigenvalue weighted by molar-refractivity contribution is 5.85. The van der Waals surface area contributed by atoms with Crippen LogP contribution in [0.4, 0.5) is 0 Å². The number of piperidine rings is 1. The van der Waals surface area contributed by atoms with E-state index >= 15 is 0 Å². The molecule has 2 aromatic heterocycles. The topological polar surface area (TPSA) is 88.9 Å². The van der Waals surface area contributed by atoms with Gasteiger partial charge in [0.15, 0.2) is 5.82 Å². The molecule has 1 aromatic carbocycles. The van der Waals surface area contributed by atoms with E-state index in [-0.39, 0.29) is 17.7 Å². The molecule has 0 aliphatic carbocycles. The van der Waals surface area contributed by atoms with E-state index in [2.05, 4.69) is 57.5 Å². The lowest BCUT2D eigenvalue weighted by atomic mass is 9.95. The van der Waals surface area contributed by atoms with Crippen molar-refractivity contribution in [1.29, 1.82) is 0 Å². The molecule has 8 heteroatoms. The van der Waals surface area contributed by atoms with E-state index in [1.807, 2.05) is 11.6 Å². The summed E-state index contributed by atoms with van der Waals surface area (Å²) in [7, 11) is 0. The minimum Gasteiger partial charge on any atom is -0.376 e. The summed E-state index contributed by atoms with van der Waals surface area (Å²) in [5, 5.41) is 13.8. The number of ether oxygens (including phenoxy) is 1. The van der Waals surface area contributed by atoms with Gasteiger partial charge in [0.05, 0.1) is 18.2 Å². The van der Waals surface area contributed by atoms with Gasteiger partial charge in [-0.3, -0.25) is 9.69 Å². The molecule has 5 rings (SSSR count). The summed E-state index contributed by atoms with van der Waals surface area (Å²) in [5.74, 6) is 1.29. The molecule has 0 radical (unpaired) electrons. The first-order valence-corrected chi connectivity index (χ1v) is 11.8. The highest BCUT2D eigenvalue weighted by Crippen LogP contribution is 2.32. The number of rotatable bonds is 5.